The van der Waals surface area contributed by atoms with E-state index in [4.69, 9.17) is 0 Å². The van der Waals surface area contributed by atoms with Crippen molar-refractivity contribution in [3.05, 3.63) is 248 Å². The number of benzene rings is 10. The molecule has 62 heavy (non-hydrogen) atoms. The van der Waals surface area contributed by atoms with E-state index < -0.39 is 0 Å². The second-order valence-corrected chi connectivity index (χ2v) is 16.9. The highest BCUT2D eigenvalue weighted by Crippen LogP contribution is 2.50. The maximum atomic E-state index is 2.41. The van der Waals surface area contributed by atoms with Gasteiger partial charge >= 0.3 is 0 Å². The van der Waals surface area contributed by atoms with Gasteiger partial charge in [-0.15, -0.1) is 0 Å². The van der Waals surface area contributed by atoms with E-state index in [0.29, 0.717) is 0 Å². The molecule has 0 fully saturated rings. The van der Waals surface area contributed by atoms with E-state index in [2.05, 4.69) is 255 Å². The molecule has 0 bridgehead atoms. The molecule has 0 radical (unpaired) electrons. The number of para-hydroxylation sites is 1. The zero-order valence-electron chi connectivity index (χ0n) is 35.0. The molecule has 1 aliphatic carbocycles. The molecule has 1 nitrogen and oxygen atoms in total. The summed E-state index contributed by atoms with van der Waals surface area (Å²) in [5.41, 5.74) is 20.8. The molecule has 10 aromatic carbocycles. The van der Waals surface area contributed by atoms with Gasteiger partial charge < -0.3 is 4.90 Å². The zero-order valence-corrected chi connectivity index (χ0v) is 35.0. The molecule has 0 heterocycles. The van der Waals surface area contributed by atoms with Gasteiger partial charge in [0.1, 0.15) is 0 Å². The van der Waals surface area contributed by atoms with Crippen molar-refractivity contribution < 1.29 is 0 Å². The Hall–Kier alpha value is -7.74. The molecule has 0 spiro atoms. The molecule has 0 amide bonds. The molecule has 0 unspecified atom stereocenters. The summed E-state index contributed by atoms with van der Waals surface area (Å²) in [4.78, 5) is 2.41. The van der Waals surface area contributed by atoms with Gasteiger partial charge in [0.25, 0.3) is 0 Å². The minimum atomic E-state index is -0.0522. The lowest BCUT2D eigenvalue weighted by molar-refractivity contribution is 0.660. The summed E-state index contributed by atoms with van der Waals surface area (Å²) in [6.07, 6.45) is 0. The summed E-state index contributed by atoms with van der Waals surface area (Å²) < 4.78 is 0. The van der Waals surface area contributed by atoms with Crippen molar-refractivity contribution in [2.24, 2.45) is 0 Å². The van der Waals surface area contributed by atoms with Crippen LogP contribution in [0.2, 0.25) is 0 Å². The van der Waals surface area contributed by atoms with Gasteiger partial charge in [0.2, 0.25) is 0 Å². The Morgan fingerprint density at radius 1 is 0.290 bits per heavy atom. The summed E-state index contributed by atoms with van der Waals surface area (Å²) in [5.74, 6) is 0. The number of hydrogen-bond acceptors (Lipinski definition) is 1. The van der Waals surface area contributed by atoms with Gasteiger partial charge in [-0.3, -0.25) is 0 Å². The summed E-state index contributed by atoms with van der Waals surface area (Å²) >= 11 is 0. The van der Waals surface area contributed by atoms with Crippen LogP contribution in [-0.4, -0.2) is 0 Å². The van der Waals surface area contributed by atoms with Crippen LogP contribution in [0.4, 0.5) is 17.1 Å². The van der Waals surface area contributed by atoms with E-state index in [9.17, 15) is 0 Å². The molecule has 294 valence electrons. The van der Waals surface area contributed by atoms with E-state index in [-0.39, 0.29) is 5.41 Å². The molecule has 0 N–H and O–H groups in total. The van der Waals surface area contributed by atoms with E-state index in [1.54, 1.807) is 0 Å². The zero-order chi connectivity index (χ0) is 41.6. The van der Waals surface area contributed by atoms with Crippen molar-refractivity contribution >= 4 is 27.8 Å². The monoisotopic (exact) mass is 791 g/mol. The Balaban J connectivity index is 0.992. The van der Waals surface area contributed by atoms with Crippen molar-refractivity contribution in [1.82, 2.24) is 0 Å². The molecule has 1 aliphatic rings. The Labute approximate surface area is 364 Å². The van der Waals surface area contributed by atoms with Crippen LogP contribution in [0.3, 0.4) is 0 Å². The topological polar surface area (TPSA) is 3.24 Å². The smallest absolute Gasteiger partial charge is 0.0540 e. The first-order valence-electron chi connectivity index (χ1n) is 21.6. The van der Waals surface area contributed by atoms with Gasteiger partial charge in [0.15, 0.2) is 0 Å². The highest BCUT2D eigenvalue weighted by Gasteiger charge is 2.35. The molecule has 1 heteroatoms. The molecular formula is C61H45N. The van der Waals surface area contributed by atoms with Crippen LogP contribution >= 0.6 is 0 Å². The van der Waals surface area contributed by atoms with Gasteiger partial charge in [-0.2, -0.15) is 0 Å². The van der Waals surface area contributed by atoms with E-state index in [1.165, 1.54) is 88.7 Å². The van der Waals surface area contributed by atoms with Crippen molar-refractivity contribution in [1.29, 1.82) is 0 Å². The van der Waals surface area contributed by atoms with Gasteiger partial charge in [-0.05, 0) is 126 Å². The SMILES string of the molecule is CC1(C)c2ccccc2-c2ccc(-c3ccc(N(c4ccc(-c5ccc(-c6ccccc6)cc5)cc4)c4ccccc4-c4cccc(-c5cccc6ccccc56)c4)cc3)cc21. The van der Waals surface area contributed by atoms with Crippen LogP contribution in [0.15, 0.2) is 237 Å². The van der Waals surface area contributed by atoms with Crippen LogP contribution in [-0.2, 0) is 5.41 Å². The lowest BCUT2D eigenvalue weighted by Gasteiger charge is -2.28. The molecule has 0 saturated heterocycles. The van der Waals surface area contributed by atoms with Crippen LogP contribution in [0, 0.1) is 0 Å². The first-order chi connectivity index (χ1) is 30.5. The number of rotatable bonds is 8. The lowest BCUT2D eigenvalue weighted by Crippen LogP contribution is -2.14. The summed E-state index contributed by atoms with van der Waals surface area (Å²) in [6.45, 7) is 4.70. The Kier molecular flexibility index (Phi) is 9.24. The minimum absolute atomic E-state index is 0.0522. The standard InChI is InChI=1S/C61H45N/c1-61(2)58-24-10-8-22-56(58)57-39-34-48(41-59(57)61)46-32-37-52(38-33-46)62(51-35-30-45(31-36-51)44-28-26-43(27-29-44)42-14-4-3-5-15-42)60-25-11-9-21-55(60)50-19-12-18-49(40-50)54-23-13-17-47-16-6-7-20-53(47)54/h3-41H,1-2H3. The maximum absolute atomic E-state index is 2.41. The number of anilines is 3. The van der Waals surface area contributed by atoms with Crippen molar-refractivity contribution in [2.45, 2.75) is 19.3 Å². The second-order valence-electron chi connectivity index (χ2n) is 16.9. The Morgan fingerprint density at radius 2 is 0.742 bits per heavy atom. The first kappa shape index (κ1) is 37.3. The Bertz CT molecular complexity index is 3220. The third-order valence-electron chi connectivity index (χ3n) is 12.9. The highest BCUT2D eigenvalue weighted by molar-refractivity contribution is 5.98. The summed E-state index contributed by atoms with van der Waals surface area (Å²) in [7, 11) is 0. The van der Waals surface area contributed by atoms with Crippen molar-refractivity contribution in [3.8, 4) is 66.8 Å². The van der Waals surface area contributed by atoms with Crippen LogP contribution in [0.5, 0.6) is 0 Å². The third-order valence-corrected chi connectivity index (χ3v) is 12.9. The average molecular weight is 792 g/mol. The predicted octanol–water partition coefficient (Wildman–Crippen LogP) is 17.0. The van der Waals surface area contributed by atoms with Gasteiger partial charge in [0, 0.05) is 22.4 Å². The summed E-state index contributed by atoms with van der Waals surface area (Å²) in [6, 6.07) is 86.5. The largest absolute Gasteiger partial charge is 0.310 e. The molecule has 0 aromatic heterocycles. The van der Waals surface area contributed by atoms with Gasteiger partial charge in [-0.1, -0.05) is 208 Å². The fraction of sp³-hybridized carbons (Fsp3) is 0.0492. The lowest BCUT2D eigenvalue weighted by atomic mass is 9.81. The van der Waals surface area contributed by atoms with Crippen LogP contribution in [0.1, 0.15) is 25.0 Å². The minimum Gasteiger partial charge on any atom is -0.310 e. The normalized spacial score (nSPS) is 12.5. The molecule has 10 aromatic rings. The molecule has 11 rings (SSSR count). The third kappa shape index (κ3) is 6.60. The van der Waals surface area contributed by atoms with E-state index in [1.807, 2.05) is 0 Å². The van der Waals surface area contributed by atoms with Crippen LogP contribution < -0.4 is 4.90 Å². The number of hydrogen-bond donors (Lipinski definition) is 0. The number of nitrogens with zero attached hydrogens (tertiary/aromatic N) is 1. The quantitative estimate of drug-likeness (QED) is 0.148. The fourth-order valence-corrected chi connectivity index (χ4v) is 9.65. The maximum Gasteiger partial charge on any atom is 0.0540 e. The highest BCUT2D eigenvalue weighted by atomic mass is 15.1. The molecule has 0 saturated carbocycles. The second kappa shape index (κ2) is 15.4. The fourth-order valence-electron chi connectivity index (χ4n) is 9.65. The van der Waals surface area contributed by atoms with E-state index >= 15 is 0 Å². The van der Waals surface area contributed by atoms with Gasteiger partial charge in [0.05, 0.1) is 5.69 Å². The Morgan fingerprint density at radius 3 is 1.45 bits per heavy atom. The van der Waals surface area contributed by atoms with Gasteiger partial charge in [-0.25, -0.2) is 0 Å². The van der Waals surface area contributed by atoms with Crippen molar-refractivity contribution in [3.63, 3.8) is 0 Å². The predicted molar refractivity (Wildman–Crippen MR) is 263 cm³/mol. The van der Waals surface area contributed by atoms with Crippen LogP contribution in [0.25, 0.3) is 77.5 Å². The average Bonchev–Trinajstić information content (AvgIpc) is 3.57. The summed E-state index contributed by atoms with van der Waals surface area (Å²) in [5, 5.41) is 2.50. The molecule has 0 aliphatic heterocycles. The molecular weight excluding hydrogens is 747 g/mol. The molecule has 0 atom stereocenters. The van der Waals surface area contributed by atoms with Crippen molar-refractivity contribution in [2.75, 3.05) is 4.90 Å². The first-order valence-corrected chi connectivity index (χ1v) is 21.6. The van der Waals surface area contributed by atoms with E-state index in [0.717, 1.165) is 17.1 Å². The number of fused-ring (bicyclic) bond motifs is 4.